The smallest absolute Gasteiger partial charge is 0.331 e. The molecule has 4 rings (SSSR count). The molecule has 0 amide bonds. The monoisotopic (exact) mass is 544 g/mol. The van der Waals surface area contributed by atoms with Crippen molar-refractivity contribution in [3.05, 3.63) is 35.5 Å². The molecule has 36 heavy (non-hydrogen) atoms. The van der Waals surface area contributed by atoms with Crippen molar-refractivity contribution >= 4 is 11.9 Å². The average molecular weight is 544 g/mol. The van der Waals surface area contributed by atoms with Crippen molar-refractivity contribution in [2.45, 2.75) is 47.4 Å². The number of hydrogen-bond donors (Lipinski definition) is 0. The molecule has 4 nitrogen and oxygen atoms in total. The molecule has 2 fully saturated rings. The third-order valence-corrected chi connectivity index (χ3v) is 7.02. The second-order valence-electron chi connectivity index (χ2n) is 8.83. The zero-order valence-electron chi connectivity index (χ0n) is 17.3. The fourth-order valence-electron chi connectivity index (χ4n) is 5.01. The number of carbonyl (C=O) groups is 2. The molecule has 4 aliphatic carbocycles. The standard InChI is InChI=1S/C20H12F12O4/c21-11-13(23)17(27)7(3-15(11,25)19(17,29)30)5-35-9(33)1-2-10(34)36-6-8-4-16(26)12(22)14(24)18(8,28)20(16,31)32/h1-2,7-8H,3-6H2. The van der Waals surface area contributed by atoms with Gasteiger partial charge in [-0.2, -0.15) is 17.6 Å². The molecule has 0 radical (unpaired) electrons. The summed E-state index contributed by atoms with van der Waals surface area (Å²) >= 11 is 0. The summed E-state index contributed by atoms with van der Waals surface area (Å²) < 4.78 is 176. The SMILES string of the molecule is O=C(C=CC(=O)OCC1CC2(F)C(F)=C(F)C1(F)C2(F)F)OCC1CC2(F)C(F)=C(F)C1(F)C2(F)F. The van der Waals surface area contributed by atoms with Gasteiger partial charge in [0.1, 0.15) is 0 Å². The zero-order chi connectivity index (χ0) is 27.3. The molecule has 0 aromatic rings. The number of fused-ring (bicyclic) bond motifs is 4. The maximum absolute atomic E-state index is 14.5. The molecular formula is C20H12F12O4. The first-order valence-electron chi connectivity index (χ1n) is 9.99. The Morgan fingerprint density at radius 1 is 0.639 bits per heavy atom. The van der Waals surface area contributed by atoms with E-state index >= 15 is 0 Å². The highest BCUT2D eigenvalue weighted by molar-refractivity contribution is 5.91. The number of allylic oxidation sites excluding steroid dienone is 4. The fraction of sp³-hybridized carbons (Fsp3) is 0.600. The Morgan fingerprint density at radius 2 is 0.944 bits per heavy atom. The van der Waals surface area contributed by atoms with Gasteiger partial charge in [0.05, 0.1) is 13.2 Å². The van der Waals surface area contributed by atoms with Gasteiger partial charge in [0.2, 0.25) is 22.7 Å². The summed E-state index contributed by atoms with van der Waals surface area (Å²) in [6.07, 6.45) is -2.75. The van der Waals surface area contributed by atoms with E-state index in [9.17, 15) is 62.3 Å². The predicted octanol–water partition coefficient (Wildman–Crippen LogP) is 5.10. The van der Waals surface area contributed by atoms with Gasteiger partial charge < -0.3 is 9.47 Å². The normalized spacial score (nSPS) is 42.1. The van der Waals surface area contributed by atoms with Crippen molar-refractivity contribution in [1.29, 1.82) is 0 Å². The number of hydrogen-bond acceptors (Lipinski definition) is 4. The quantitative estimate of drug-likeness (QED) is 0.266. The van der Waals surface area contributed by atoms with E-state index < -0.39 is 108 Å². The summed E-state index contributed by atoms with van der Waals surface area (Å²) in [4.78, 5) is 23.2. The van der Waals surface area contributed by atoms with Crippen molar-refractivity contribution in [3.63, 3.8) is 0 Å². The minimum atomic E-state index is -5.13. The summed E-state index contributed by atoms with van der Waals surface area (Å²) in [6.45, 7) is -2.76. The lowest BCUT2D eigenvalue weighted by atomic mass is 9.89. The molecule has 16 heteroatoms. The van der Waals surface area contributed by atoms with E-state index in [0.29, 0.717) is 0 Å². The van der Waals surface area contributed by atoms with Crippen LogP contribution < -0.4 is 0 Å². The maximum atomic E-state index is 14.5. The molecule has 0 spiro atoms. The molecule has 4 bridgehead atoms. The predicted molar refractivity (Wildman–Crippen MR) is 91.0 cm³/mol. The molecule has 0 heterocycles. The largest absolute Gasteiger partial charge is 0.462 e. The molecule has 0 saturated heterocycles. The summed E-state index contributed by atoms with van der Waals surface area (Å²) in [5, 5.41) is 0. The van der Waals surface area contributed by atoms with Gasteiger partial charge in [0.25, 0.3) is 0 Å². The van der Waals surface area contributed by atoms with E-state index in [2.05, 4.69) is 9.47 Å². The van der Waals surface area contributed by atoms with Crippen LogP contribution >= 0.6 is 0 Å². The van der Waals surface area contributed by atoms with E-state index in [-0.39, 0.29) is 12.2 Å². The summed E-state index contributed by atoms with van der Waals surface area (Å²) in [5.74, 6) is -28.7. The van der Waals surface area contributed by atoms with Crippen molar-refractivity contribution in [3.8, 4) is 0 Å². The van der Waals surface area contributed by atoms with E-state index in [1.165, 1.54) is 0 Å². The number of alkyl halides is 8. The summed E-state index contributed by atoms with van der Waals surface area (Å²) in [5.41, 5.74) is -17.4. The van der Waals surface area contributed by atoms with Crippen molar-refractivity contribution in [2.75, 3.05) is 13.2 Å². The fourth-order valence-corrected chi connectivity index (χ4v) is 5.01. The third kappa shape index (κ3) is 2.75. The first-order chi connectivity index (χ1) is 16.3. The van der Waals surface area contributed by atoms with Crippen LogP contribution in [-0.2, 0) is 19.1 Å². The van der Waals surface area contributed by atoms with E-state index in [0.717, 1.165) is 0 Å². The molecule has 2 saturated carbocycles. The Balaban J connectivity index is 1.32. The molecule has 6 atom stereocenters. The van der Waals surface area contributed by atoms with Crippen LogP contribution in [0.5, 0.6) is 0 Å². The molecule has 0 N–H and O–H groups in total. The minimum Gasteiger partial charge on any atom is -0.462 e. The van der Waals surface area contributed by atoms with Crippen LogP contribution in [0.15, 0.2) is 35.5 Å². The second-order valence-corrected chi connectivity index (χ2v) is 8.83. The van der Waals surface area contributed by atoms with Crippen LogP contribution in [0.2, 0.25) is 0 Å². The van der Waals surface area contributed by atoms with Gasteiger partial charge in [-0.05, 0) is 0 Å². The highest BCUT2D eigenvalue weighted by Crippen LogP contribution is 2.70. The maximum Gasteiger partial charge on any atom is 0.331 e. The molecule has 200 valence electrons. The minimum absolute atomic E-state index is 0.202. The lowest BCUT2D eigenvalue weighted by Gasteiger charge is -2.27. The number of halogens is 12. The summed E-state index contributed by atoms with van der Waals surface area (Å²) in [6, 6.07) is 0. The van der Waals surface area contributed by atoms with E-state index in [1.54, 1.807) is 0 Å². The van der Waals surface area contributed by atoms with Crippen LogP contribution in [0, 0.1) is 11.8 Å². The topological polar surface area (TPSA) is 52.6 Å². The number of ether oxygens (including phenoxy) is 2. The number of carbonyl (C=O) groups excluding carboxylic acids is 2. The van der Waals surface area contributed by atoms with Gasteiger partial charge in [-0.25, -0.2) is 44.7 Å². The number of rotatable bonds is 6. The van der Waals surface area contributed by atoms with Gasteiger partial charge in [-0.15, -0.1) is 0 Å². The molecule has 4 aliphatic rings. The lowest BCUT2D eigenvalue weighted by molar-refractivity contribution is -0.164. The molecule has 0 aromatic heterocycles. The average Bonchev–Trinajstić information content (AvgIpc) is 3.16. The van der Waals surface area contributed by atoms with Gasteiger partial charge in [-0.1, -0.05) is 0 Å². The highest BCUT2D eigenvalue weighted by atomic mass is 19.3. The lowest BCUT2D eigenvalue weighted by Crippen LogP contribution is -2.48. The van der Waals surface area contributed by atoms with Gasteiger partial charge >= 0.3 is 23.8 Å². The number of esters is 2. The van der Waals surface area contributed by atoms with Crippen LogP contribution in [0.25, 0.3) is 0 Å². The van der Waals surface area contributed by atoms with Crippen molar-refractivity contribution in [1.82, 2.24) is 0 Å². The van der Waals surface area contributed by atoms with E-state index in [1.807, 2.05) is 0 Å². The molecule has 0 aromatic carbocycles. The second kappa shape index (κ2) is 7.43. The molecule has 0 aliphatic heterocycles. The Bertz CT molecular complexity index is 1050. The van der Waals surface area contributed by atoms with E-state index in [4.69, 9.17) is 0 Å². The van der Waals surface area contributed by atoms with Crippen LogP contribution in [0.1, 0.15) is 12.8 Å². The van der Waals surface area contributed by atoms with Gasteiger partial charge in [-0.3, -0.25) is 0 Å². The Labute approximate surface area is 192 Å². The third-order valence-electron chi connectivity index (χ3n) is 7.02. The van der Waals surface area contributed by atoms with Crippen LogP contribution in [0.4, 0.5) is 52.7 Å². The van der Waals surface area contributed by atoms with Crippen molar-refractivity contribution < 1.29 is 71.7 Å². The first-order valence-corrected chi connectivity index (χ1v) is 9.99. The van der Waals surface area contributed by atoms with Gasteiger partial charge in [0.15, 0.2) is 23.3 Å². The van der Waals surface area contributed by atoms with Crippen LogP contribution in [0.3, 0.4) is 0 Å². The first kappa shape index (κ1) is 26.4. The summed E-state index contributed by atoms with van der Waals surface area (Å²) in [7, 11) is 0. The van der Waals surface area contributed by atoms with Crippen LogP contribution in [-0.4, -0.2) is 59.7 Å². The molecular weight excluding hydrogens is 532 g/mol. The Kier molecular flexibility index (Phi) is 5.45. The Hall–Kier alpha value is -2.68. The molecule has 6 unspecified atom stereocenters. The highest BCUT2D eigenvalue weighted by Gasteiger charge is 2.88. The zero-order valence-corrected chi connectivity index (χ0v) is 17.3. The van der Waals surface area contributed by atoms with Crippen molar-refractivity contribution in [2.24, 2.45) is 11.8 Å². The Morgan fingerprint density at radius 3 is 1.19 bits per heavy atom. The van der Waals surface area contributed by atoms with Gasteiger partial charge in [0, 0.05) is 36.8 Å².